The zero-order valence-electron chi connectivity index (χ0n) is 63.7. The van der Waals surface area contributed by atoms with Gasteiger partial charge in [-0.2, -0.15) is 0 Å². The molecular weight excluding hydrogens is 1270 g/mol. The molecule has 17 nitrogen and oxygen atoms in total. The van der Waals surface area contributed by atoms with Gasteiger partial charge in [-0.25, -0.2) is 9.13 Å². The molecule has 3 N–H and O–H groups in total. The summed E-state index contributed by atoms with van der Waals surface area (Å²) in [5, 5.41) is 10.6. The number of phosphoric ester groups is 2. The van der Waals surface area contributed by atoms with Crippen LogP contribution < -0.4 is 0 Å². The number of unbranched alkanes of at least 4 members (excludes halogenated alkanes) is 40. The van der Waals surface area contributed by atoms with Crippen molar-refractivity contribution in [3.63, 3.8) is 0 Å². The van der Waals surface area contributed by atoms with E-state index in [0.29, 0.717) is 37.5 Å². The van der Waals surface area contributed by atoms with Crippen LogP contribution in [0.1, 0.15) is 396 Å². The number of ether oxygens (including phenoxy) is 4. The summed E-state index contributed by atoms with van der Waals surface area (Å²) in [6.45, 7) is 14.1. The predicted octanol–water partition coefficient (Wildman–Crippen LogP) is 22.8. The average molecular weight is 1420 g/mol. The smallest absolute Gasteiger partial charge is 0.462 e. The van der Waals surface area contributed by atoms with Gasteiger partial charge < -0.3 is 33.8 Å². The minimum Gasteiger partial charge on any atom is -0.462 e. The van der Waals surface area contributed by atoms with Gasteiger partial charge in [-0.05, 0) is 49.4 Å². The number of hydrogen-bond acceptors (Lipinski definition) is 15. The van der Waals surface area contributed by atoms with E-state index in [1.807, 2.05) is 0 Å². The Balaban J connectivity index is 5.16. The highest BCUT2D eigenvalue weighted by atomic mass is 31.2. The van der Waals surface area contributed by atoms with Crippen LogP contribution in [-0.2, 0) is 65.4 Å². The van der Waals surface area contributed by atoms with E-state index < -0.39 is 97.5 Å². The van der Waals surface area contributed by atoms with Crippen LogP contribution in [0.5, 0.6) is 0 Å². The van der Waals surface area contributed by atoms with Crippen LogP contribution in [0, 0.1) is 23.7 Å². The van der Waals surface area contributed by atoms with Crippen LogP contribution in [0.4, 0.5) is 0 Å². The largest absolute Gasteiger partial charge is 0.472 e. The van der Waals surface area contributed by atoms with Gasteiger partial charge in [-0.3, -0.25) is 37.3 Å². The molecule has 0 rings (SSSR count). The van der Waals surface area contributed by atoms with E-state index in [1.165, 1.54) is 193 Å². The van der Waals surface area contributed by atoms with Gasteiger partial charge in [0.15, 0.2) is 12.2 Å². The monoisotopic (exact) mass is 1420 g/mol. The Labute approximate surface area is 594 Å². The molecule has 0 aromatic carbocycles. The molecule has 3 unspecified atom stereocenters. The number of rotatable bonds is 75. The summed E-state index contributed by atoms with van der Waals surface area (Å²) in [5.74, 6) is 0.892. The van der Waals surface area contributed by atoms with Crippen molar-refractivity contribution in [1.82, 2.24) is 0 Å². The standard InChI is InChI=1S/C78H152O17P2/c1-9-71(8)57-49-41-31-27-23-19-14-12-10-11-13-15-20-24-28-32-42-50-58-75(80)88-64-73(94-77(82)60-52-44-33-29-25-21-17-16-18-22-26-30-38-46-54-68(2)3)66-92-96(84,85)90-62-72(79)63-91-97(86,87)93-67-74(95-78(83)61-53-45-37-35-40-48-56-70(6)7)65-89-76(81)59-51-43-36-34-39-47-55-69(4)5/h68-74,79H,9-67H2,1-8H3,(H,84,85)(H,86,87)/t71?,72-,73-,74-/m1/s1. The number of phosphoric acid groups is 2. The molecule has 0 aliphatic heterocycles. The Morgan fingerprint density at radius 1 is 0.289 bits per heavy atom. The van der Waals surface area contributed by atoms with E-state index >= 15 is 0 Å². The molecule has 0 aromatic rings. The summed E-state index contributed by atoms with van der Waals surface area (Å²) < 4.78 is 68.4. The summed E-state index contributed by atoms with van der Waals surface area (Å²) >= 11 is 0. The molecule has 0 spiro atoms. The fourth-order valence-electron chi connectivity index (χ4n) is 11.9. The second kappa shape index (κ2) is 67.2. The van der Waals surface area contributed by atoms with E-state index in [1.54, 1.807) is 0 Å². The van der Waals surface area contributed by atoms with Crippen molar-refractivity contribution in [3.05, 3.63) is 0 Å². The molecule has 0 radical (unpaired) electrons. The molecule has 0 amide bonds. The molecule has 0 saturated carbocycles. The fraction of sp³-hybridized carbons (Fsp3) is 0.949. The molecule has 19 heteroatoms. The maximum atomic E-state index is 13.1. The average Bonchev–Trinajstić information content (AvgIpc) is 2.43. The molecule has 97 heavy (non-hydrogen) atoms. The van der Waals surface area contributed by atoms with E-state index in [4.69, 9.17) is 37.0 Å². The highest BCUT2D eigenvalue weighted by Crippen LogP contribution is 2.45. The zero-order chi connectivity index (χ0) is 71.7. The maximum Gasteiger partial charge on any atom is 0.472 e. The van der Waals surface area contributed by atoms with E-state index in [9.17, 15) is 43.2 Å². The number of aliphatic hydroxyl groups excluding tert-OH is 1. The maximum absolute atomic E-state index is 13.1. The normalized spacial score (nSPS) is 14.4. The lowest BCUT2D eigenvalue weighted by atomic mass is 9.99. The molecule has 6 atom stereocenters. The fourth-order valence-corrected chi connectivity index (χ4v) is 13.5. The van der Waals surface area contributed by atoms with Gasteiger partial charge in [0.25, 0.3) is 0 Å². The molecule has 0 fully saturated rings. The second-order valence-corrected chi connectivity index (χ2v) is 32.7. The van der Waals surface area contributed by atoms with Crippen molar-refractivity contribution in [3.8, 4) is 0 Å². The highest BCUT2D eigenvalue weighted by molar-refractivity contribution is 7.47. The molecule has 0 saturated heterocycles. The zero-order valence-corrected chi connectivity index (χ0v) is 65.5. The number of hydrogen-bond donors (Lipinski definition) is 3. The SMILES string of the molecule is CCC(C)CCCCCCCCCCCCCCCCCCCCC(=O)OC[C@H](COP(=O)(O)OC[C@@H](O)COP(=O)(O)OC[C@@H](COC(=O)CCCCCCCCC(C)C)OC(=O)CCCCCCCCC(C)C)OC(=O)CCCCCCCCCCCCCCCCC(C)C. The Morgan fingerprint density at radius 2 is 0.495 bits per heavy atom. The topological polar surface area (TPSA) is 237 Å². The van der Waals surface area contributed by atoms with Gasteiger partial charge in [0.05, 0.1) is 26.4 Å². The summed E-state index contributed by atoms with van der Waals surface area (Å²) in [5.41, 5.74) is 0. The molecular formula is C78H152O17P2. The van der Waals surface area contributed by atoms with Crippen molar-refractivity contribution >= 4 is 39.5 Å². The lowest BCUT2D eigenvalue weighted by molar-refractivity contribution is -0.161. The first-order valence-electron chi connectivity index (χ1n) is 40.2. The quantitative estimate of drug-likeness (QED) is 0.0222. The van der Waals surface area contributed by atoms with Crippen LogP contribution >= 0.6 is 15.6 Å². The Kier molecular flexibility index (Phi) is 65.9. The van der Waals surface area contributed by atoms with Crippen LogP contribution in [0.25, 0.3) is 0 Å². The first-order chi connectivity index (χ1) is 46.6. The summed E-state index contributed by atoms with van der Waals surface area (Å²) in [6.07, 6.45) is 53.2. The van der Waals surface area contributed by atoms with E-state index in [0.717, 1.165) is 108 Å². The lowest BCUT2D eigenvalue weighted by Gasteiger charge is -2.21. The minimum atomic E-state index is -4.96. The first-order valence-corrected chi connectivity index (χ1v) is 43.2. The van der Waals surface area contributed by atoms with Gasteiger partial charge in [-0.15, -0.1) is 0 Å². The van der Waals surface area contributed by atoms with Crippen LogP contribution in [0.3, 0.4) is 0 Å². The van der Waals surface area contributed by atoms with Gasteiger partial charge in [0, 0.05) is 25.7 Å². The Morgan fingerprint density at radius 3 is 0.732 bits per heavy atom. The molecule has 0 aliphatic rings. The van der Waals surface area contributed by atoms with Crippen molar-refractivity contribution in [2.24, 2.45) is 23.7 Å². The number of aliphatic hydroxyl groups is 1. The van der Waals surface area contributed by atoms with Crippen LogP contribution in [0.15, 0.2) is 0 Å². The third kappa shape index (κ3) is 70.9. The summed E-state index contributed by atoms with van der Waals surface area (Å²) in [7, 11) is -9.91. The first kappa shape index (κ1) is 95.1. The van der Waals surface area contributed by atoms with E-state index in [2.05, 4.69) is 55.4 Å². The molecule has 0 heterocycles. The number of carbonyl (C=O) groups is 4. The molecule has 0 bridgehead atoms. The third-order valence-electron chi connectivity index (χ3n) is 18.4. The third-order valence-corrected chi connectivity index (χ3v) is 20.3. The molecule has 0 aromatic heterocycles. The lowest BCUT2D eigenvalue weighted by Crippen LogP contribution is -2.30. The van der Waals surface area contributed by atoms with Gasteiger partial charge in [0.1, 0.15) is 19.3 Å². The van der Waals surface area contributed by atoms with Crippen molar-refractivity contribution < 1.29 is 80.2 Å². The van der Waals surface area contributed by atoms with Crippen molar-refractivity contribution in [1.29, 1.82) is 0 Å². The number of esters is 4. The van der Waals surface area contributed by atoms with Crippen LogP contribution in [0.2, 0.25) is 0 Å². The van der Waals surface area contributed by atoms with E-state index in [-0.39, 0.29) is 25.7 Å². The van der Waals surface area contributed by atoms with Crippen LogP contribution in [-0.4, -0.2) is 96.7 Å². The predicted molar refractivity (Wildman–Crippen MR) is 395 cm³/mol. The molecule has 576 valence electrons. The van der Waals surface area contributed by atoms with Gasteiger partial charge in [-0.1, -0.05) is 344 Å². The van der Waals surface area contributed by atoms with Crippen molar-refractivity contribution in [2.75, 3.05) is 39.6 Å². The van der Waals surface area contributed by atoms with Gasteiger partial charge >= 0.3 is 39.5 Å². The molecule has 0 aliphatic carbocycles. The van der Waals surface area contributed by atoms with Crippen molar-refractivity contribution in [2.45, 2.75) is 414 Å². The summed E-state index contributed by atoms with van der Waals surface area (Å²) in [4.78, 5) is 72.7. The second-order valence-electron chi connectivity index (χ2n) is 29.8. The Bertz CT molecular complexity index is 1900. The summed E-state index contributed by atoms with van der Waals surface area (Å²) in [6, 6.07) is 0. The number of carbonyl (C=O) groups excluding carboxylic acids is 4. The van der Waals surface area contributed by atoms with Gasteiger partial charge in [0.2, 0.25) is 0 Å². The minimum absolute atomic E-state index is 0.101. The Hall–Kier alpha value is -1.94. The highest BCUT2D eigenvalue weighted by Gasteiger charge is 2.30.